The lowest BCUT2D eigenvalue weighted by Gasteiger charge is -2.35. The Kier molecular flexibility index (Phi) is 5.98. The van der Waals surface area contributed by atoms with Crippen molar-refractivity contribution in [3.05, 3.63) is 47.7 Å². The molecule has 3 heterocycles. The van der Waals surface area contributed by atoms with E-state index in [0.717, 1.165) is 30.2 Å². The summed E-state index contributed by atoms with van der Waals surface area (Å²) in [4.78, 5) is 13.6. The van der Waals surface area contributed by atoms with E-state index < -0.39 is 10.0 Å². The van der Waals surface area contributed by atoms with E-state index in [2.05, 4.69) is 14.8 Å². The Labute approximate surface area is 172 Å². The van der Waals surface area contributed by atoms with Crippen LogP contribution in [0.25, 0.3) is 0 Å². The van der Waals surface area contributed by atoms with Gasteiger partial charge in [0, 0.05) is 51.0 Å². The highest BCUT2D eigenvalue weighted by atomic mass is 32.2. The van der Waals surface area contributed by atoms with Gasteiger partial charge in [0.1, 0.15) is 5.82 Å². The van der Waals surface area contributed by atoms with Crippen molar-refractivity contribution in [1.29, 1.82) is 0 Å². The molecule has 156 valence electrons. The number of aryl methyl sites for hydroxylation is 1. The second kappa shape index (κ2) is 8.64. The topological polar surface area (TPSA) is 78.9 Å². The zero-order chi connectivity index (χ0) is 20.3. The van der Waals surface area contributed by atoms with E-state index in [0.29, 0.717) is 45.3 Å². The van der Waals surface area contributed by atoms with Crippen LogP contribution in [0, 0.1) is 6.92 Å². The number of ether oxygens (including phenoxy) is 1. The minimum Gasteiger partial charge on any atom is -0.378 e. The van der Waals surface area contributed by atoms with E-state index in [1.165, 1.54) is 0 Å². The average Bonchev–Trinajstić information content (AvgIpc) is 2.74. The molecular formula is C20H27N5O3S. The number of aromatic nitrogens is 2. The highest BCUT2D eigenvalue weighted by Crippen LogP contribution is 2.21. The largest absolute Gasteiger partial charge is 0.378 e. The zero-order valence-electron chi connectivity index (χ0n) is 16.7. The Morgan fingerprint density at radius 2 is 1.62 bits per heavy atom. The number of sulfonamides is 1. The SMILES string of the molecule is Cc1cc(N2CCOCC2)nc(N2CCN(S(=O)(=O)Cc3ccccc3)CC2)n1. The van der Waals surface area contributed by atoms with Crippen molar-refractivity contribution >= 4 is 21.8 Å². The lowest BCUT2D eigenvalue weighted by molar-refractivity contribution is 0.122. The fraction of sp³-hybridized carbons (Fsp3) is 0.500. The number of hydrogen-bond acceptors (Lipinski definition) is 7. The van der Waals surface area contributed by atoms with Crippen LogP contribution in [0.5, 0.6) is 0 Å². The van der Waals surface area contributed by atoms with Crippen LogP contribution in [0.2, 0.25) is 0 Å². The number of morpholine rings is 1. The fourth-order valence-electron chi connectivity index (χ4n) is 3.67. The van der Waals surface area contributed by atoms with Crippen LogP contribution in [0.15, 0.2) is 36.4 Å². The van der Waals surface area contributed by atoms with Crippen molar-refractivity contribution in [3.63, 3.8) is 0 Å². The van der Waals surface area contributed by atoms with Crippen molar-refractivity contribution in [2.75, 3.05) is 62.3 Å². The molecule has 9 heteroatoms. The Balaban J connectivity index is 1.42. The highest BCUT2D eigenvalue weighted by Gasteiger charge is 2.28. The van der Waals surface area contributed by atoms with Gasteiger partial charge in [-0.3, -0.25) is 0 Å². The minimum absolute atomic E-state index is 0.0377. The monoisotopic (exact) mass is 417 g/mol. The molecule has 0 unspecified atom stereocenters. The number of rotatable bonds is 5. The first kappa shape index (κ1) is 20.1. The van der Waals surface area contributed by atoms with Crippen molar-refractivity contribution < 1.29 is 13.2 Å². The third kappa shape index (κ3) is 4.85. The molecule has 2 aliphatic heterocycles. The first-order valence-electron chi connectivity index (χ1n) is 9.96. The second-order valence-electron chi connectivity index (χ2n) is 7.39. The molecule has 0 saturated carbocycles. The van der Waals surface area contributed by atoms with Crippen LogP contribution < -0.4 is 9.80 Å². The summed E-state index contributed by atoms with van der Waals surface area (Å²) in [5.41, 5.74) is 1.72. The van der Waals surface area contributed by atoms with Crippen LogP contribution in [0.4, 0.5) is 11.8 Å². The van der Waals surface area contributed by atoms with Crippen molar-refractivity contribution in [1.82, 2.24) is 14.3 Å². The average molecular weight is 418 g/mol. The van der Waals surface area contributed by atoms with Gasteiger partial charge in [0.2, 0.25) is 16.0 Å². The van der Waals surface area contributed by atoms with Gasteiger partial charge in [0.15, 0.2) is 0 Å². The summed E-state index contributed by atoms with van der Waals surface area (Å²) in [6.07, 6.45) is 0. The lowest BCUT2D eigenvalue weighted by Crippen LogP contribution is -2.49. The standard InChI is InChI=1S/C20H27N5O3S/c1-17-15-19(23-11-13-28-14-12-23)22-20(21-17)24-7-9-25(10-8-24)29(26,27)16-18-5-3-2-4-6-18/h2-6,15H,7-14,16H2,1H3. The Bertz CT molecular complexity index is 924. The van der Waals surface area contributed by atoms with Gasteiger partial charge in [-0.25, -0.2) is 13.4 Å². The van der Waals surface area contributed by atoms with Crippen LogP contribution in [-0.4, -0.2) is 75.2 Å². The molecule has 2 fully saturated rings. The number of piperazine rings is 1. The van der Waals surface area contributed by atoms with Gasteiger partial charge < -0.3 is 14.5 Å². The normalized spacial score (nSPS) is 18.8. The van der Waals surface area contributed by atoms with Gasteiger partial charge in [0.25, 0.3) is 0 Å². The first-order chi connectivity index (χ1) is 14.0. The molecule has 2 saturated heterocycles. The number of benzene rings is 1. The Hall–Kier alpha value is -2.23. The van der Waals surface area contributed by atoms with Gasteiger partial charge in [0.05, 0.1) is 19.0 Å². The van der Waals surface area contributed by atoms with E-state index in [4.69, 9.17) is 9.72 Å². The highest BCUT2D eigenvalue weighted by molar-refractivity contribution is 7.88. The molecule has 1 aromatic carbocycles. The summed E-state index contributed by atoms with van der Waals surface area (Å²) in [5, 5.41) is 0. The molecule has 0 N–H and O–H groups in total. The molecule has 0 bridgehead atoms. The van der Waals surface area contributed by atoms with E-state index in [-0.39, 0.29) is 5.75 Å². The molecule has 1 aromatic heterocycles. The van der Waals surface area contributed by atoms with Crippen LogP contribution >= 0.6 is 0 Å². The molecular weight excluding hydrogens is 390 g/mol. The molecule has 0 aliphatic carbocycles. The summed E-state index contributed by atoms with van der Waals surface area (Å²) in [6, 6.07) is 11.3. The zero-order valence-corrected chi connectivity index (χ0v) is 17.5. The number of nitrogens with zero attached hydrogens (tertiary/aromatic N) is 5. The van der Waals surface area contributed by atoms with E-state index in [1.54, 1.807) is 4.31 Å². The van der Waals surface area contributed by atoms with Gasteiger partial charge >= 0.3 is 0 Å². The predicted molar refractivity (Wildman–Crippen MR) is 113 cm³/mol. The Morgan fingerprint density at radius 1 is 0.931 bits per heavy atom. The molecule has 2 aromatic rings. The van der Waals surface area contributed by atoms with Crippen molar-refractivity contribution in [2.45, 2.75) is 12.7 Å². The first-order valence-corrected chi connectivity index (χ1v) is 11.6. The molecule has 4 rings (SSSR count). The maximum Gasteiger partial charge on any atom is 0.227 e. The minimum atomic E-state index is -3.33. The van der Waals surface area contributed by atoms with E-state index >= 15 is 0 Å². The lowest BCUT2D eigenvalue weighted by atomic mass is 10.2. The molecule has 0 atom stereocenters. The maximum atomic E-state index is 12.8. The summed E-state index contributed by atoms with van der Waals surface area (Å²) >= 11 is 0. The molecule has 0 spiro atoms. The van der Waals surface area contributed by atoms with Crippen LogP contribution in [0.3, 0.4) is 0 Å². The van der Waals surface area contributed by atoms with Crippen LogP contribution in [0.1, 0.15) is 11.3 Å². The Morgan fingerprint density at radius 3 is 2.31 bits per heavy atom. The fourth-order valence-corrected chi connectivity index (χ4v) is 5.19. The third-order valence-electron chi connectivity index (χ3n) is 5.27. The van der Waals surface area contributed by atoms with Gasteiger partial charge in [-0.2, -0.15) is 9.29 Å². The third-order valence-corrected chi connectivity index (χ3v) is 7.12. The van der Waals surface area contributed by atoms with Gasteiger partial charge in [-0.05, 0) is 12.5 Å². The summed E-state index contributed by atoms with van der Waals surface area (Å²) < 4.78 is 32.5. The summed E-state index contributed by atoms with van der Waals surface area (Å²) in [5.74, 6) is 1.62. The maximum absolute atomic E-state index is 12.8. The molecule has 29 heavy (non-hydrogen) atoms. The van der Waals surface area contributed by atoms with Crippen molar-refractivity contribution in [2.24, 2.45) is 0 Å². The second-order valence-corrected chi connectivity index (χ2v) is 9.36. The molecule has 0 amide bonds. The summed E-state index contributed by atoms with van der Waals surface area (Å²) in [7, 11) is -3.33. The quantitative estimate of drug-likeness (QED) is 0.725. The smallest absolute Gasteiger partial charge is 0.227 e. The van der Waals surface area contributed by atoms with Gasteiger partial charge in [-0.1, -0.05) is 30.3 Å². The van der Waals surface area contributed by atoms with Crippen molar-refractivity contribution in [3.8, 4) is 0 Å². The van der Waals surface area contributed by atoms with E-state index in [9.17, 15) is 8.42 Å². The van der Waals surface area contributed by atoms with E-state index in [1.807, 2.05) is 43.3 Å². The van der Waals surface area contributed by atoms with Crippen LogP contribution in [-0.2, 0) is 20.5 Å². The number of hydrogen-bond donors (Lipinski definition) is 0. The number of anilines is 2. The summed E-state index contributed by atoms with van der Waals surface area (Å²) in [6.45, 7) is 7.07. The molecule has 0 radical (unpaired) electrons. The predicted octanol–water partition coefficient (Wildman–Crippen LogP) is 1.27. The van der Waals surface area contributed by atoms with Gasteiger partial charge in [-0.15, -0.1) is 0 Å². The molecule has 8 nitrogen and oxygen atoms in total. The molecule has 2 aliphatic rings.